The first-order valence-corrected chi connectivity index (χ1v) is 11.5. The van der Waals surface area contributed by atoms with Gasteiger partial charge in [0.1, 0.15) is 11.5 Å². The van der Waals surface area contributed by atoms with Gasteiger partial charge in [0, 0.05) is 11.6 Å². The molecule has 1 N–H and O–H groups in total. The fraction of sp³-hybridized carbons (Fsp3) is 0.318. The Kier molecular flexibility index (Phi) is 8.32. The Morgan fingerprint density at radius 3 is 2.47 bits per heavy atom. The van der Waals surface area contributed by atoms with Gasteiger partial charge in [0.15, 0.2) is 17.1 Å². The molecule has 0 bridgehead atoms. The number of rotatable bonds is 9. The molecule has 0 saturated carbocycles. The number of nitrogens with one attached hydrogen (secondary N) is 1. The lowest BCUT2D eigenvalue weighted by Crippen LogP contribution is -2.18. The van der Waals surface area contributed by atoms with Crippen LogP contribution in [0.4, 0.5) is 18.9 Å². The van der Waals surface area contributed by atoms with Crippen molar-refractivity contribution in [1.29, 1.82) is 0 Å². The number of anilines is 1. The Morgan fingerprint density at radius 2 is 1.85 bits per heavy atom. The molecule has 0 aliphatic heterocycles. The predicted octanol–water partition coefficient (Wildman–Crippen LogP) is 5.85. The van der Waals surface area contributed by atoms with Crippen LogP contribution in [0.25, 0.3) is 0 Å². The molecule has 12 heteroatoms. The number of aromatic nitrogens is 3. The minimum Gasteiger partial charge on any atom is -0.497 e. The number of carbonyl (C=O) groups is 1. The van der Waals surface area contributed by atoms with E-state index in [1.807, 2.05) is 13.8 Å². The molecule has 3 aromatic rings. The van der Waals surface area contributed by atoms with Crippen LogP contribution in [0.1, 0.15) is 31.3 Å². The molecule has 0 aliphatic rings. The lowest BCUT2D eigenvalue weighted by Gasteiger charge is -2.16. The van der Waals surface area contributed by atoms with Gasteiger partial charge in [-0.15, -0.1) is 10.2 Å². The molecule has 1 unspecified atom stereocenters. The van der Waals surface area contributed by atoms with Crippen LogP contribution in [0.5, 0.6) is 11.5 Å². The number of thioether (sulfide) groups is 1. The maximum Gasteiger partial charge on any atom is 0.418 e. The van der Waals surface area contributed by atoms with Gasteiger partial charge >= 0.3 is 6.18 Å². The van der Waals surface area contributed by atoms with E-state index in [0.29, 0.717) is 29.0 Å². The van der Waals surface area contributed by atoms with Crippen molar-refractivity contribution in [2.24, 2.45) is 0 Å². The van der Waals surface area contributed by atoms with Crippen LogP contribution >= 0.6 is 23.4 Å². The molecule has 0 radical (unpaired) electrons. The Balaban J connectivity index is 1.66. The first-order valence-electron chi connectivity index (χ1n) is 10.2. The summed E-state index contributed by atoms with van der Waals surface area (Å²) < 4.78 is 52.6. The largest absolute Gasteiger partial charge is 0.497 e. The van der Waals surface area contributed by atoms with E-state index in [9.17, 15) is 18.0 Å². The Hall–Kier alpha value is -2.92. The van der Waals surface area contributed by atoms with Crippen molar-refractivity contribution in [1.82, 2.24) is 14.8 Å². The molecule has 1 atom stereocenters. The van der Waals surface area contributed by atoms with Crippen molar-refractivity contribution in [2.45, 2.75) is 37.8 Å². The number of hydrogen-bond donors (Lipinski definition) is 1. The number of halogens is 4. The van der Waals surface area contributed by atoms with E-state index in [2.05, 4.69) is 15.5 Å². The van der Waals surface area contributed by atoms with Crippen LogP contribution in [0, 0.1) is 0 Å². The summed E-state index contributed by atoms with van der Waals surface area (Å²) in [6.45, 7) is 4.22. The van der Waals surface area contributed by atoms with Gasteiger partial charge in [0.25, 0.3) is 0 Å². The maximum absolute atomic E-state index is 13.2. The number of ether oxygens (including phenoxy) is 2. The summed E-state index contributed by atoms with van der Waals surface area (Å²) in [6, 6.07) is 10.3. The highest BCUT2D eigenvalue weighted by Gasteiger charge is 2.34. The first-order chi connectivity index (χ1) is 16.1. The average molecular weight is 515 g/mol. The molecule has 2 aromatic carbocycles. The molecule has 0 aliphatic carbocycles. The first kappa shape index (κ1) is 25.7. The molecule has 0 saturated heterocycles. The van der Waals surface area contributed by atoms with Crippen LogP contribution in [0.15, 0.2) is 47.6 Å². The highest BCUT2D eigenvalue weighted by molar-refractivity contribution is 7.99. The molecule has 1 amide bonds. The molecule has 1 heterocycles. The SMILES string of the molecule is CCn1c(SCC(=O)Nc2ccc(Cl)cc2C(F)(F)F)nnc1C(C)Oc1ccc(OC)cc1. The average Bonchev–Trinajstić information content (AvgIpc) is 3.22. The van der Waals surface area contributed by atoms with Crippen molar-refractivity contribution in [2.75, 3.05) is 18.2 Å². The van der Waals surface area contributed by atoms with E-state index >= 15 is 0 Å². The molecule has 34 heavy (non-hydrogen) atoms. The number of nitrogens with zero attached hydrogens (tertiary/aromatic N) is 3. The van der Waals surface area contributed by atoms with E-state index in [1.165, 1.54) is 6.07 Å². The monoisotopic (exact) mass is 514 g/mol. The second-order valence-electron chi connectivity index (χ2n) is 7.05. The van der Waals surface area contributed by atoms with E-state index in [0.717, 1.165) is 23.9 Å². The number of alkyl halides is 3. The highest BCUT2D eigenvalue weighted by atomic mass is 35.5. The fourth-order valence-corrected chi connectivity index (χ4v) is 4.07. The number of methoxy groups -OCH3 is 1. The summed E-state index contributed by atoms with van der Waals surface area (Å²) in [5.41, 5.74) is -1.37. The second-order valence-corrected chi connectivity index (χ2v) is 8.42. The van der Waals surface area contributed by atoms with Gasteiger partial charge < -0.3 is 19.4 Å². The molecular weight excluding hydrogens is 493 g/mol. The Labute approximate surface area is 203 Å². The molecule has 7 nitrogen and oxygen atoms in total. The minimum absolute atomic E-state index is 0.0748. The number of carbonyl (C=O) groups excluding carboxylic acids is 1. The minimum atomic E-state index is -4.65. The zero-order valence-electron chi connectivity index (χ0n) is 18.5. The van der Waals surface area contributed by atoms with Crippen molar-refractivity contribution in [3.05, 3.63) is 58.9 Å². The van der Waals surface area contributed by atoms with Crippen LogP contribution in [0.3, 0.4) is 0 Å². The van der Waals surface area contributed by atoms with Gasteiger partial charge in [0.05, 0.1) is 24.1 Å². The van der Waals surface area contributed by atoms with Crippen molar-refractivity contribution in [3.63, 3.8) is 0 Å². The molecule has 0 spiro atoms. The van der Waals surface area contributed by atoms with Crippen molar-refractivity contribution >= 4 is 35.0 Å². The fourth-order valence-electron chi connectivity index (χ4n) is 3.09. The molecule has 1 aromatic heterocycles. The summed E-state index contributed by atoms with van der Waals surface area (Å²) in [5.74, 6) is 1.10. The lowest BCUT2D eigenvalue weighted by molar-refractivity contribution is -0.137. The zero-order valence-corrected chi connectivity index (χ0v) is 20.1. The Morgan fingerprint density at radius 1 is 1.18 bits per heavy atom. The van der Waals surface area contributed by atoms with Crippen LogP contribution in [-0.2, 0) is 17.5 Å². The van der Waals surface area contributed by atoms with Gasteiger partial charge in [-0.25, -0.2) is 0 Å². The maximum atomic E-state index is 13.2. The van der Waals surface area contributed by atoms with E-state index in [-0.39, 0.29) is 16.5 Å². The third-order valence-corrected chi connectivity index (χ3v) is 5.89. The molecule has 3 rings (SSSR count). The third-order valence-electron chi connectivity index (χ3n) is 4.69. The summed E-state index contributed by atoms with van der Waals surface area (Å²) >= 11 is 6.74. The molecular formula is C22H22ClF3N4O3S. The van der Waals surface area contributed by atoms with Crippen LogP contribution in [-0.4, -0.2) is 33.5 Å². The number of amides is 1. The second kappa shape index (κ2) is 11.0. The topological polar surface area (TPSA) is 78.3 Å². The van der Waals surface area contributed by atoms with Crippen molar-refractivity contribution < 1.29 is 27.4 Å². The highest BCUT2D eigenvalue weighted by Crippen LogP contribution is 2.36. The van der Waals surface area contributed by atoms with Gasteiger partial charge in [0.2, 0.25) is 5.91 Å². The quantitative estimate of drug-likeness (QED) is 0.361. The molecule has 182 valence electrons. The van der Waals surface area contributed by atoms with Gasteiger partial charge in [-0.3, -0.25) is 4.79 Å². The van der Waals surface area contributed by atoms with E-state index in [4.69, 9.17) is 21.1 Å². The summed E-state index contributed by atoms with van der Waals surface area (Å²) in [4.78, 5) is 12.4. The van der Waals surface area contributed by atoms with Gasteiger partial charge in [-0.1, -0.05) is 23.4 Å². The predicted molar refractivity (Wildman–Crippen MR) is 124 cm³/mol. The number of hydrogen-bond acceptors (Lipinski definition) is 6. The molecule has 0 fully saturated rings. The summed E-state index contributed by atoms with van der Waals surface area (Å²) in [5, 5.41) is 11.0. The van der Waals surface area contributed by atoms with E-state index < -0.39 is 23.8 Å². The van der Waals surface area contributed by atoms with Crippen LogP contribution in [0.2, 0.25) is 5.02 Å². The smallest absolute Gasteiger partial charge is 0.418 e. The normalized spacial score (nSPS) is 12.3. The standard InChI is InChI=1S/C22H22ClF3N4O3S/c1-4-30-20(13(2)33-16-8-6-15(32-3)7-9-16)28-29-21(30)34-12-19(31)27-18-10-5-14(23)11-17(18)22(24,25)26/h5-11,13H,4,12H2,1-3H3,(H,27,31). The Bertz CT molecular complexity index is 1140. The lowest BCUT2D eigenvalue weighted by atomic mass is 10.1. The number of benzene rings is 2. The summed E-state index contributed by atoms with van der Waals surface area (Å²) in [7, 11) is 1.58. The van der Waals surface area contributed by atoms with Crippen molar-refractivity contribution in [3.8, 4) is 11.5 Å². The van der Waals surface area contributed by atoms with E-state index in [1.54, 1.807) is 35.9 Å². The zero-order chi connectivity index (χ0) is 24.9. The van der Waals surface area contributed by atoms with Gasteiger partial charge in [-0.2, -0.15) is 13.2 Å². The van der Waals surface area contributed by atoms with Crippen LogP contribution < -0.4 is 14.8 Å². The van der Waals surface area contributed by atoms with Gasteiger partial charge in [-0.05, 0) is 56.3 Å². The summed E-state index contributed by atoms with van der Waals surface area (Å²) in [6.07, 6.45) is -5.09. The third kappa shape index (κ3) is 6.35.